The minimum atomic E-state index is 0.653. The van der Waals surface area contributed by atoms with Gasteiger partial charge in [0.1, 0.15) is 23.1 Å². The Hall–Kier alpha value is -5.36. The van der Waals surface area contributed by atoms with Crippen molar-refractivity contribution in [1.82, 2.24) is 19.3 Å². The number of methoxy groups -OCH3 is 1. The topological polar surface area (TPSA) is 54.1 Å². The van der Waals surface area contributed by atoms with Gasteiger partial charge < -0.3 is 9.47 Å². The van der Waals surface area contributed by atoms with E-state index in [4.69, 9.17) is 19.6 Å². The van der Waals surface area contributed by atoms with Crippen molar-refractivity contribution in [1.29, 1.82) is 0 Å². The number of hydrogen-bond acceptors (Lipinski definition) is 4. The average Bonchev–Trinajstić information content (AvgIpc) is 3.73. The third-order valence-corrected chi connectivity index (χ3v) is 9.24. The molecule has 0 unspecified atom stereocenters. The summed E-state index contributed by atoms with van der Waals surface area (Å²) >= 11 is 0. The van der Waals surface area contributed by atoms with E-state index in [2.05, 4.69) is 99.1 Å². The highest BCUT2D eigenvalue weighted by atomic mass is 16.5. The van der Waals surface area contributed by atoms with Gasteiger partial charge >= 0.3 is 0 Å². The Morgan fingerprint density at radius 3 is 2.14 bits per heavy atom. The molecule has 0 N–H and O–H groups in total. The van der Waals surface area contributed by atoms with E-state index in [-0.39, 0.29) is 0 Å². The first-order chi connectivity index (χ1) is 23.9. The molecular weight excluding hydrogens is 604 g/mol. The van der Waals surface area contributed by atoms with Crippen LogP contribution in [0.1, 0.15) is 51.7 Å². The van der Waals surface area contributed by atoms with Gasteiger partial charge in [0, 0.05) is 46.9 Å². The quantitative estimate of drug-likeness (QED) is 0.132. The normalized spacial score (nSPS) is 11.7. The number of hydrogen-bond donors (Lipinski definition) is 0. The summed E-state index contributed by atoms with van der Waals surface area (Å²) in [6.07, 6.45) is 10.4. The number of benzene rings is 4. The van der Waals surface area contributed by atoms with Crippen LogP contribution >= 0.6 is 0 Å². The number of aryl methyl sites for hydroxylation is 2. The second-order valence-electron chi connectivity index (χ2n) is 13.7. The molecule has 248 valence electrons. The predicted molar refractivity (Wildman–Crippen MR) is 201 cm³/mol. The lowest BCUT2D eigenvalue weighted by Crippen LogP contribution is -2.00. The maximum atomic E-state index is 6.52. The molecule has 3 heterocycles. The zero-order valence-corrected chi connectivity index (χ0v) is 29.1. The third kappa shape index (κ3) is 6.82. The molecule has 7 rings (SSSR count). The van der Waals surface area contributed by atoms with Gasteiger partial charge in [-0.25, -0.2) is 9.67 Å². The highest BCUT2D eigenvalue weighted by molar-refractivity contribution is 6.09. The molecule has 0 spiro atoms. The molecule has 0 saturated heterocycles. The fourth-order valence-electron chi connectivity index (χ4n) is 6.66. The van der Waals surface area contributed by atoms with E-state index in [0.29, 0.717) is 11.8 Å². The van der Waals surface area contributed by atoms with Gasteiger partial charge in [-0.2, -0.15) is 5.10 Å². The Morgan fingerprint density at radius 1 is 0.673 bits per heavy atom. The van der Waals surface area contributed by atoms with Crippen LogP contribution in [0.5, 0.6) is 17.2 Å². The van der Waals surface area contributed by atoms with Gasteiger partial charge in [0.2, 0.25) is 0 Å². The van der Waals surface area contributed by atoms with E-state index >= 15 is 0 Å². The number of aromatic nitrogens is 4. The van der Waals surface area contributed by atoms with Crippen molar-refractivity contribution in [3.8, 4) is 39.9 Å². The molecule has 0 aliphatic heterocycles. The van der Waals surface area contributed by atoms with Crippen molar-refractivity contribution in [2.45, 2.75) is 53.4 Å². The van der Waals surface area contributed by atoms with Gasteiger partial charge in [0.05, 0.1) is 30.0 Å². The summed E-state index contributed by atoms with van der Waals surface area (Å²) in [5.41, 5.74) is 8.35. The summed E-state index contributed by atoms with van der Waals surface area (Å²) in [6.45, 7) is 9.19. The third-order valence-electron chi connectivity index (χ3n) is 9.24. The summed E-state index contributed by atoms with van der Waals surface area (Å²) in [6, 6.07) is 33.4. The first-order valence-electron chi connectivity index (χ1n) is 17.4. The highest BCUT2D eigenvalue weighted by Gasteiger charge is 2.17. The Balaban J connectivity index is 1.21. The Kier molecular flexibility index (Phi) is 9.21. The number of nitrogens with zero attached hydrogens (tertiary/aromatic N) is 4. The van der Waals surface area contributed by atoms with Crippen molar-refractivity contribution in [3.63, 3.8) is 0 Å². The lowest BCUT2D eigenvalue weighted by molar-refractivity contribution is 0.414. The maximum absolute atomic E-state index is 6.52. The fourth-order valence-corrected chi connectivity index (χ4v) is 6.66. The van der Waals surface area contributed by atoms with Crippen LogP contribution in [0.2, 0.25) is 0 Å². The molecule has 49 heavy (non-hydrogen) atoms. The van der Waals surface area contributed by atoms with Crippen molar-refractivity contribution in [3.05, 3.63) is 127 Å². The zero-order chi connectivity index (χ0) is 33.9. The van der Waals surface area contributed by atoms with Crippen LogP contribution in [-0.4, -0.2) is 26.4 Å². The van der Waals surface area contributed by atoms with Crippen molar-refractivity contribution < 1.29 is 9.47 Å². The molecule has 0 aliphatic carbocycles. The van der Waals surface area contributed by atoms with Crippen LogP contribution in [-0.2, 0) is 12.8 Å². The van der Waals surface area contributed by atoms with E-state index in [1.54, 1.807) is 13.3 Å². The fraction of sp³-hybridized carbons (Fsp3) is 0.256. The summed E-state index contributed by atoms with van der Waals surface area (Å²) in [5.74, 6) is 4.34. The lowest BCUT2D eigenvalue weighted by atomic mass is 9.89. The smallest absolute Gasteiger partial charge is 0.141 e. The number of ether oxygens (including phenoxy) is 2. The van der Waals surface area contributed by atoms with Crippen molar-refractivity contribution >= 4 is 21.8 Å². The molecule has 0 bridgehead atoms. The molecule has 0 aliphatic rings. The number of pyridine rings is 1. The van der Waals surface area contributed by atoms with Gasteiger partial charge in [-0.3, -0.25) is 4.57 Å². The van der Waals surface area contributed by atoms with E-state index in [1.807, 2.05) is 47.3 Å². The van der Waals surface area contributed by atoms with E-state index in [0.717, 1.165) is 81.8 Å². The second-order valence-corrected chi connectivity index (χ2v) is 13.7. The van der Waals surface area contributed by atoms with Gasteiger partial charge in [0.15, 0.2) is 0 Å². The summed E-state index contributed by atoms with van der Waals surface area (Å²) < 4.78 is 16.2. The standard InChI is InChI=1S/C43H44N4O2/c1-29(2)16-18-31-10-8-11-32(19-17-30(3)4)43(31)33-27-45-46(28-33)34-12-9-13-36(24-34)49-37-20-21-39-38-14-6-7-15-40(38)47(41(39)25-37)42-26-35(48-5)22-23-44-42/h6-15,20-30H,16-19H2,1-5H3. The summed E-state index contributed by atoms with van der Waals surface area (Å²) in [7, 11) is 1.67. The van der Waals surface area contributed by atoms with Crippen LogP contribution in [0.3, 0.4) is 0 Å². The zero-order valence-electron chi connectivity index (χ0n) is 29.1. The average molecular weight is 649 g/mol. The predicted octanol–water partition coefficient (Wildman–Crippen LogP) is 11.0. The Morgan fingerprint density at radius 2 is 1.39 bits per heavy atom. The van der Waals surface area contributed by atoms with Crippen molar-refractivity contribution in [2.75, 3.05) is 7.11 Å². The van der Waals surface area contributed by atoms with E-state index in [1.165, 1.54) is 16.7 Å². The molecule has 0 saturated carbocycles. The van der Waals surface area contributed by atoms with Crippen LogP contribution in [0, 0.1) is 11.8 Å². The first kappa shape index (κ1) is 32.2. The second kappa shape index (κ2) is 14.0. The molecule has 0 amide bonds. The molecule has 6 nitrogen and oxygen atoms in total. The number of fused-ring (bicyclic) bond motifs is 3. The number of rotatable bonds is 12. The van der Waals surface area contributed by atoms with E-state index in [9.17, 15) is 0 Å². The molecule has 4 aromatic carbocycles. The maximum Gasteiger partial charge on any atom is 0.141 e. The van der Waals surface area contributed by atoms with Gasteiger partial charge in [0.25, 0.3) is 0 Å². The summed E-state index contributed by atoms with van der Waals surface area (Å²) in [5, 5.41) is 7.14. The van der Waals surface area contributed by atoms with Crippen LogP contribution in [0.25, 0.3) is 44.4 Å². The highest BCUT2D eigenvalue weighted by Crippen LogP contribution is 2.36. The Labute approximate surface area is 289 Å². The SMILES string of the molecule is COc1ccnc(-n2c3ccccc3c3ccc(Oc4cccc(-n5cc(-c6c(CCC(C)C)cccc6CCC(C)C)cn5)c4)cc32)c1. The number of para-hydroxylation sites is 1. The monoisotopic (exact) mass is 648 g/mol. The molecule has 7 aromatic rings. The minimum absolute atomic E-state index is 0.653. The van der Waals surface area contributed by atoms with Gasteiger partial charge in [-0.15, -0.1) is 0 Å². The molecule has 0 fully saturated rings. The lowest BCUT2D eigenvalue weighted by Gasteiger charge is -2.16. The molecule has 6 heteroatoms. The van der Waals surface area contributed by atoms with Gasteiger partial charge in [-0.05, 0) is 90.6 Å². The molecule has 0 atom stereocenters. The molecule has 3 aromatic heterocycles. The van der Waals surface area contributed by atoms with Crippen LogP contribution in [0.4, 0.5) is 0 Å². The minimum Gasteiger partial charge on any atom is -0.497 e. The Bertz CT molecular complexity index is 2190. The summed E-state index contributed by atoms with van der Waals surface area (Å²) in [4.78, 5) is 4.69. The van der Waals surface area contributed by atoms with Crippen LogP contribution < -0.4 is 9.47 Å². The molecule has 0 radical (unpaired) electrons. The van der Waals surface area contributed by atoms with Crippen molar-refractivity contribution in [2.24, 2.45) is 11.8 Å². The molecular formula is C43H44N4O2. The van der Waals surface area contributed by atoms with E-state index < -0.39 is 0 Å². The van der Waals surface area contributed by atoms with Gasteiger partial charge in [-0.1, -0.05) is 70.2 Å². The largest absolute Gasteiger partial charge is 0.497 e. The van der Waals surface area contributed by atoms with Crippen LogP contribution in [0.15, 0.2) is 116 Å². The first-order valence-corrected chi connectivity index (χ1v) is 17.4.